The van der Waals surface area contributed by atoms with Gasteiger partial charge < -0.3 is 38.9 Å². The van der Waals surface area contributed by atoms with E-state index in [2.05, 4.69) is 9.26 Å². The van der Waals surface area contributed by atoms with Gasteiger partial charge in [-0.25, -0.2) is 4.79 Å². The third-order valence-electron chi connectivity index (χ3n) is 1.67. The Balaban J connectivity index is 2.61. The Bertz CT molecular complexity index is 368. The molecule has 9 nitrogen and oxygen atoms in total. The molecule has 1 rings (SSSR count). The fourth-order valence-corrected chi connectivity index (χ4v) is 1.31. The standard InChI is InChI=1S/C6H9O9P/c7-2(1-14-16(11,12)13)5-3(8)4(9)6(10)15-5/h2,5,7-9H,1H2,(H2,11,12,13)/p-3/t2-,5+/m0/s1. The van der Waals surface area contributed by atoms with E-state index in [1.165, 1.54) is 0 Å². The molecule has 0 saturated heterocycles. The predicted molar refractivity (Wildman–Crippen MR) is 39.1 cm³/mol. The summed E-state index contributed by atoms with van der Waals surface area (Å²) >= 11 is 0. The number of hydrogen-bond donors (Lipinski definition) is 2. The fraction of sp³-hybridized carbons (Fsp3) is 0.500. The van der Waals surface area contributed by atoms with Crippen molar-refractivity contribution >= 4 is 13.8 Å². The largest absolute Gasteiger partial charge is 0.865 e. The zero-order valence-corrected chi connectivity index (χ0v) is 8.46. The molecule has 0 fully saturated rings. The van der Waals surface area contributed by atoms with Gasteiger partial charge in [0.25, 0.3) is 0 Å². The second-order valence-corrected chi connectivity index (χ2v) is 4.00. The third-order valence-corrected chi connectivity index (χ3v) is 2.14. The molecule has 0 spiro atoms. The highest BCUT2D eigenvalue weighted by Crippen LogP contribution is 2.27. The van der Waals surface area contributed by atoms with E-state index in [-0.39, 0.29) is 0 Å². The van der Waals surface area contributed by atoms with Gasteiger partial charge in [-0.05, 0) is 0 Å². The number of ether oxygens (including phenoxy) is 1. The van der Waals surface area contributed by atoms with Gasteiger partial charge in [0, 0.05) is 5.76 Å². The zero-order valence-electron chi connectivity index (χ0n) is 7.56. The van der Waals surface area contributed by atoms with E-state index in [9.17, 15) is 29.4 Å². The first kappa shape index (κ1) is 12.9. The van der Waals surface area contributed by atoms with Crippen molar-refractivity contribution in [3.63, 3.8) is 0 Å². The Kier molecular flexibility index (Phi) is 3.56. The van der Waals surface area contributed by atoms with Gasteiger partial charge in [0.2, 0.25) is 0 Å². The lowest BCUT2D eigenvalue weighted by molar-refractivity contribution is -0.343. The molecule has 2 atom stereocenters. The number of aliphatic hydroxyl groups is 2. The zero-order chi connectivity index (χ0) is 12.5. The van der Waals surface area contributed by atoms with Gasteiger partial charge in [0.15, 0.2) is 6.10 Å². The topological polar surface area (TPSA) is 162 Å². The van der Waals surface area contributed by atoms with E-state index < -0.39 is 44.1 Å². The van der Waals surface area contributed by atoms with E-state index in [1.54, 1.807) is 0 Å². The van der Waals surface area contributed by atoms with Crippen LogP contribution in [-0.4, -0.2) is 35.0 Å². The molecule has 1 heterocycles. The Labute approximate surface area is 88.8 Å². The summed E-state index contributed by atoms with van der Waals surface area (Å²) in [5.41, 5.74) is 0. The van der Waals surface area contributed by atoms with Gasteiger partial charge in [0.1, 0.15) is 11.9 Å². The summed E-state index contributed by atoms with van der Waals surface area (Å²) in [4.78, 5) is 30.7. The number of cyclic esters (lactones) is 1. The van der Waals surface area contributed by atoms with E-state index >= 15 is 0 Å². The highest BCUT2D eigenvalue weighted by molar-refractivity contribution is 7.43. The molecule has 0 aromatic heterocycles. The van der Waals surface area contributed by atoms with Gasteiger partial charge in [-0.3, -0.25) is 0 Å². The Morgan fingerprint density at radius 3 is 2.50 bits per heavy atom. The summed E-state index contributed by atoms with van der Waals surface area (Å²) in [6, 6.07) is 0. The van der Waals surface area contributed by atoms with E-state index in [0.717, 1.165) is 0 Å². The molecule has 0 aromatic carbocycles. The van der Waals surface area contributed by atoms with Gasteiger partial charge in [-0.15, -0.1) is 0 Å². The number of carbonyl (C=O) groups is 1. The van der Waals surface area contributed by atoms with Crippen molar-refractivity contribution in [1.29, 1.82) is 0 Å². The molecular weight excluding hydrogens is 247 g/mol. The van der Waals surface area contributed by atoms with Crippen LogP contribution in [0.2, 0.25) is 0 Å². The molecular formula is C6H6O9P-3. The fourth-order valence-electron chi connectivity index (χ4n) is 0.974. The van der Waals surface area contributed by atoms with Crippen LogP contribution < -0.4 is 14.9 Å². The Morgan fingerprint density at radius 1 is 1.56 bits per heavy atom. The van der Waals surface area contributed by atoms with Crippen molar-refractivity contribution in [3.05, 3.63) is 11.5 Å². The van der Waals surface area contributed by atoms with Crippen molar-refractivity contribution in [1.82, 2.24) is 0 Å². The van der Waals surface area contributed by atoms with Crippen molar-refractivity contribution in [3.8, 4) is 0 Å². The number of hydrogen-bond acceptors (Lipinski definition) is 9. The highest BCUT2D eigenvalue weighted by atomic mass is 31.2. The molecule has 1 aliphatic heterocycles. The number of phosphoric acid groups is 1. The van der Waals surface area contributed by atoms with E-state index in [1.807, 2.05) is 0 Å². The van der Waals surface area contributed by atoms with Gasteiger partial charge in [-0.1, -0.05) is 0 Å². The van der Waals surface area contributed by atoms with Crippen LogP contribution in [0.4, 0.5) is 0 Å². The first-order valence-corrected chi connectivity index (χ1v) is 5.34. The van der Waals surface area contributed by atoms with E-state index in [4.69, 9.17) is 5.11 Å². The smallest absolute Gasteiger partial charge is 0.327 e. The molecule has 0 amide bonds. The van der Waals surface area contributed by atoms with Crippen molar-refractivity contribution in [2.24, 2.45) is 0 Å². The quantitative estimate of drug-likeness (QED) is 0.378. The van der Waals surface area contributed by atoms with Crippen LogP contribution in [0.1, 0.15) is 0 Å². The predicted octanol–water partition coefficient (Wildman–Crippen LogP) is -3.75. The van der Waals surface area contributed by atoms with Crippen LogP contribution in [0.3, 0.4) is 0 Å². The second kappa shape index (κ2) is 4.40. The molecule has 16 heavy (non-hydrogen) atoms. The number of phosphoric ester groups is 1. The molecule has 0 aliphatic carbocycles. The highest BCUT2D eigenvalue weighted by Gasteiger charge is 2.34. The van der Waals surface area contributed by atoms with Gasteiger partial charge in [0.05, 0.1) is 14.4 Å². The average molecular weight is 253 g/mol. The molecule has 0 unspecified atom stereocenters. The van der Waals surface area contributed by atoms with Crippen molar-refractivity contribution in [2.45, 2.75) is 12.2 Å². The van der Waals surface area contributed by atoms with Gasteiger partial charge >= 0.3 is 5.97 Å². The first-order chi connectivity index (χ1) is 7.22. The minimum Gasteiger partial charge on any atom is -0.865 e. The molecule has 1 aliphatic rings. The van der Waals surface area contributed by atoms with Crippen molar-refractivity contribution < 1.29 is 43.7 Å². The van der Waals surface area contributed by atoms with Crippen molar-refractivity contribution in [2.75, 3.05) is 6.61 Å². The summed E-state index contributed by atoms with van der Waals surface area (Å²) in [6.07, 6.45) is -3.54. The summed E-state index contributed by atoms with van der Waals surface area (Å²) in [5, 5.41) is 28.9. The van der Waals surface area contributed by atoms with Crippen LogP contribution >= 0.6 is 7.82 Å². The number of rotatable bonds is 4. The maximum absolute atomic E-state index is 10.7. The van der Waals surface area contributed by atoms with Gasteiger partial charge in [-0.2, -0.15) is 0 Å². The molecule has 2 N–H and O–H groups in total. The second-order valence-electron chi connectivity index (χ2n) is 2.85. The minimum absolute atomic E-state index is 1.03. The van der Waals surface area contributed by atoms with Crippen LogP contribution in [-0.2, 0) is 18.6 Å². The number of aliphatic hydroxyl groups excluding tert-OH is 2. The minimum atomic E-state index is -5.29. The lowest BCUT2D eigenvalue weighted by Gasteiger charge is -2.30. The molecule has 92 valence electrons. The summed E-state index contributed by atoms with van der Waals surface area (Å²) < 4.78 is 18.0. The normalized spacial score (nSPS) is 23.4. The third kappa shape index (κ3) is 2.94. The molecule has 0 radical (unpaired) electrons. The van der Waals surface area contributed by atoms with Crippen LogP contribution in [0.25, 0.3) is 0 Å². The lowest BCUT2D eigenvalue weighted by atomic mass is 10.2. The summed E-state index contributed by atoms with van der Waals surface area (Å²) in [7, 11) is -5.29. The molecule has 0 saturated carbocycles. The Hall–Kier alpha value is -1.12. The van der Waals surface area contributed by atoms with Crippen LogP contribution in [0.15, 0.2) is 11.5 Å². The molecule has 10 heteroatoms. The van der Waals surface area contributed by atoms with E-state index in [0.29, 0.717) is 0 Å². The SMILES string of the molecule is O=C1O[C@H]([C@@H](O)COP(=O)([O-])[O-])C(O)=C1[O-]. The average Bonchev–Trinajstić information content (AvgIpc) is 2.41. The van der Waals surface area contributed by atoms with Crippen LogP contribution in [0, 0.1) is 0 Å². The molecule has 0 aromatic rings. The number of esters is 1. The Morgan fingerprint density at radius 2 is 2.12 bits per heavy atom. The number of carbonyl (C=O) groups excluding carboxylic acids is 1. The first-order valence-electron chi connectivity index (χ1n) is 3.88. The summed E-state index contributed by atoms with van der Waals surface area (Å²) in [6.45, 7) is -1.03. The lowest BCUT2D eigenvalue weighted by Crippen LogP contribution is -2.34. The maximum Gasteiger partial charge on any atom is 0.327 e. The summed E-state index contributed by atoms with van der Waals surface area (Å²) in [5.74, 6) is -3.78. The van der Waals surface area contributed by atoms with Crippen LogP contribution in [0.5, 0.6) is 0 Å². The monoisotopic (exact) mass is 253 g/mol. The molecule has 0 bridgehead atoms. The maximum atomic E-state index is 10.7.